The molecule has 194 valence electrons. The fourth-order valence-electron chi connectivity index (χ4n) is 4.37. The molecule has 4 N–H and O–H groups in total. The minimum absolute atomic E-state index is 0.0583. The maximum Gasteiger partial charge on any atom is 0.251 e. The first-order valence-electron chi connectivity index (χ1n) is 13.0. The molecule has 2 amide bonds. The lowest BCUT2D eigenvalue weighted by Gasteiger charge is -2.30. The lowest BCUT2D eigenvalue weighted by atomic mass is 9.93. The van der Waals surface area contributed by atoms with Crippen LogP contribution in [-0.4, -0.2) is 38.0 Å². The Kier molecular flexibility index (Phi) is 10.2. The summed E-state index contributed by atoms with van der Waals surface area (Å²) in [5.74, 6) is -0.175. The van der Waals surface area contributed by atoms with Crippen molar-refractivity contribution in [2.75, 3.05) is 26.2 Å². The van der Waals surface area contributed by atoms with E-state index in [1.54, 1.807) is 0 Å². The zero-order valence-electron chi connectivity index (χ0n) is 21.3. The number of hydrogen-bond donors (Lipinski definition) is 4. The van der Waals surface area contributed by atoms with Crippen LogP contribution in [0.5, 0.6) is 0 Å². The fraction of sp³-hybridized carbons (Fsp3) is 0.188. The van der Waals surface area contributed by atoms with Crippen LogP contribution in [0.2, 0.25) is 0 Å². The van der Waals surface area contributed by atoms with Gasteiger partial charge in [0.15, 0.2) is 0 Å². The Balaban J connectivity index is 1.41. The second-order valence-corrected chi connectivity index (χ2v) is 8.93. The summed E-state index contributed by atoms with van der Waals surface area (Å²) in [5, 5.41) is 13.3. The van der Waals surface area contributed by atoms with Crippen molar-refractivity contribution in [3.05, 3.63) is 144 Å². The molecule has 0 radical (unpaired) electrons. The van der Waals surface area contributed by atoms with Gasteiger partial charge in [-0.15, -0.1) is 0 Å². The molecule has 2 atom stereocenters. The number of carbonyl (C=O) groups excluding carboxylic acids is 2. The quantitative estimate of drug-likeness (QED) is 0.201. The Morgan fingerprint density at radius 3 is 1.11 bits per heavy atom. The smallest absolute Gasteiger partial charge is 0.251 e. The molecule has 38 heavy (non-hydrogen) atoms. The normalized spacial score (nSPS) is 12.3. The van der Waals surface area contributed by atoms with Crippen LogP contribution in [0.1, 0.15) is 43.9 Å². The minimum atomic E-state index is -0.0875. The van der Waals surface area contributed by atoms with Gasteiger partial charge in [-0.05, 0) is 35.4 Å². The molecular formula is C32H34N4O2. The van der Waals surface area contributed by atoms with Crippen LogP contribution in [0.25, 0.3) is 0 Å². The van der Waals surface area contributed by atoms with Gasteiger partial charge in [-0.3, -0.25) is 9.59 Å². The van der Waals surface area contributed by atoms with Gasteiger partial charge in [0, 0.05) is 37.3 Å². The topological polar surface area (TPSA) is 82.3 Å². The van der Waals surface area contributed by atoms with E-state index in [1.807, 2.05) is 97.1 Å². The second-order valence-electron chi connectivity index (χ2n) is 8.93. The molecule has 0 aliphatic carbocycles. The predicted octanol–water partition coefficient (Wildman–Crippen LogP) is 4.51. The molecule has 4 aromatic rings. The van der Waals surface area contributed by atoms with Gasteiger partial charge in [-0.1, -0.05) is 97.1 Å². The van der Waals surface area contributed by atoms with Gasteiger partial charge in [0.05, 0.1) is 12.1 Å². The van der Waals surface area contributed by atoms with Crippen LogP contribution in [0.3, 0.4) is 0 Å². The molecule has 0 heterocycles. The molecule has 4 aromatic carbocycles. The number of nitrogens with one attached hydrogen (secondary N) is 4. The molecular weight excluding hydrogens is 472 g/mol. The summed E-state index contributed by atoms with van der Waals surface area (Å²) >= 11 is 0. The van der Waals surface area contributed by atoms with Gasteiger partial charge in [0.1, 0.15) is 0 Å². The average molecular weight is 507 g/mol. The van der Waals surface area contributed by atoms with Crippen LogP contribution in [0.4, 0.5) is 0 Å². The summed E-state index contributed by atoms with van der Waals surface area (Å²) < 4.78 is 0. The SMILES string of the molecule is O=C(NCCN[C@H](c1ccccc1)[C@H](NCCNC(=O)c1ccccc1)c1ccccc1)c1ccccc1. The van der Waals surface area contributed by atoms with E-state index >= 15 is 0 Å². The van der Waals surface area contributed by atoms with E-state index in [0.29, 0.717) is 37.3 Å². The largest absolute Gasteiger partial charge is 0.351 e. The predicted molar refractivity (Wildman–Crippen MR) is 152 cm³/mol. The standard InChI is InChI=1S/C32H34N4O2/c37-31(27-17-9-3-10-18-27)35-23-21-33-29(25-13-5-1-6-14-25)30(26-15-7-2-8-16-26)34-22-24-36-32(38)28-19-11-4-12-20-28/h1-20,29-30,33-34H,21-24H2,(H,35,37)(H,36,38)/t29-,30-/m1/s1. The van der Waals surface area contributed by atoms with Gasteiger partial charge in [-0.25, -0.2) is 0 Å². The lowest BCUT2D eigenvalue weighted by Crippen LogP contribution is -2.41. The van der Waals surface area contributed by atoms with E-state index in [-0.39, 0.29) is 23.9 Å². The van der Waals surface area contributed by atoms with Gasteiger partial charge < -0.3 is 21.3 Å². The van der Waals surface area contributed by atoms with E-state index in [4.69, 9.17) is 0 Å². The molecule has 0 aromatic heterocycles. The number of amides is 2. The van der Waals surface area contributed by atoms with Crippen LogP contribution < -0.4 is 21.3 Å². The lowest BCUT2D eigenvalue weighted by molar-refractivity contribution is 0.0944. The fourth-order valence-corrected chi connectivity index (χ4v) is 4.37. The third kappa shape index (κ3) is 7.87. The highest BCUT2D eigenvalue weighted by Crippen LogP contribution is 2.28. The highest BCUT2D eigenvalue weighted by atomic mass is 16.2. The summed E-state index contributed by atoms with van der Waals surface area (Å²) in [7, 11) is 0. The van der Waals surface area contributed by atoms with E-state index in [2.05, 4.69) is 45.5 Å². The number of carbonyl (C=O) groups is 2. The summed E-state index contributed by atoms with van der Waals surface area (Å²) in [6, 6.07) is 38.9. The summed E-state index contributed by atoms with van der Waals surface area (Å²) in [4.78, 5) is 24.9. The highest BCUT2D eigenvalue weighted by molar-refractivity contribution is 5.94. The molecule has 0 unspecified atom stereocenters. The summed E-state index contributed by atoms with van der Waals surface area (Å²) in [5.41, 5.74) is 3.56. The Morgan fingerprint density at radius 2 is 0.763 bits per heavy atom. The van der Waals surface area contributed by atoms with E-state index in [9.17, 15) is 9.59 Å². The van der Waals surface area contributed by atoms with Crippen LogP contribution in [-0.2, 0) is 0 Å². The van der Waals surface area contributed by atoms with E-state index in [1.165, 1.54) is 0 Å². The first-order valence-corrected chi connectivity index (χ1v) is 13.0. The van der Waals surface area contributed by atoms with Gasteiger partial charge in [0.2, 0.25) is 0 Å². The van der Waals surface area contributed by atoms with Crippen molar-refractivity contribution in [1.82, 2.24) is 21.3 Å². The molecule has 0 aliphatic rings. The van der Waals surface area contributed by atoms with Crippen LogP contribution in [0.15, 0.2) is 121 Å². The average Bonchev–Trinajstić information content (AvgIpc) is 2.99. The summed E-state index contributed by atoms with van der Waals surface area (Å²) in [6.07, 6.45) is 0. The first kappa shape index (κ1) is 26.8. The second kappa shape index (κ2) is 14.5. The molecule has 0 spiro atoms. The molecule has 0 fully saturated rings. The zero-order valence-corrected chi connectivity index (χ0v) is 21.3. The Labute approximate surface area is 224 Å². The van der Waals surface area contributed by atoms with Gasteiger partial charge in [-0.2, -0.15) is 0 Å². The Bertz CT molecular complexity index is 1150. The maximum absolute atomic E-state index is 12.5. The van der Waals surface area contributed by atoms with Crippen molar-refractivity contribution in [2.24, 2.45) is 0 Å². The monoisotopic (exact) mass is 506 g/mol. The molecule has 6 heteroatoms. The Hall–Kier alpha value is -4.26. The molecule has 0 bridgehead atoms. The third-order valence-electron chi connectivity index (χ3n) is 6.27. The molecule has 0 aliphatic heterocycles. The number of hydrogen-bond acceptors (Lipinski definition) is 4. The molecule has 4 rings (SSSR count). The number of benzene rings is 4. The van der Waals surface area contributed by atoms with Crippen LogP contribution in [0, 0.1) is 0 Å². The summed E-state index contributed by atoms with van der Waals surface area (Å²) in [6.45, 7) is 2.17. The molecule has 0 saturated heterocycles. The number of rotatable bonds is 13. The Morgan fingerprint density at radius 1 is 0.447 bits per heavy atom. The van der Waals surface area contributed by atoms with Crippen molar-refractivity contribution in [2.45, 2.75) is 12.1 Å². The zero-order chi connectivity index (χ0) is 26.4. The highest BCUT2D eigenvalue weighted by Gasteiger charge is 2.24. The first-order chi connectivity index (χ1) is 18.7. The van der Waals surface area contributed by atoms with Crippen molar-refractivity contribution >= 4 is 11.8 Å². The molecule has 6 nitrogen and oxygen atoms in total. The van der Waals surface area contributed by atoms with Crippen molar-refractivity contribution in [3.63, 3.8) is 0 Å². The third-order valence-corrected chi connectivity index (χ3v) is 6.27. The van der Waals surface area contributed by atoms with Gasteiger partial charge >= 0.3 is 0 Å². The maximum atomic E-state index is 12.5. The molecule has 0 saturated carbocycles. The van der Waals surface area contributed by atoms with Crippen molar-refractivity contribution < 1.29 is 9.59 Å². The minimum Gasteiger partial charge on any atom is -0.351 e. The van der Waals surface area contributed by atoms with E-state index in [0.717, 1.165) is 11.1 Å². The van der Waals surface area contributed by atoms with Crippen molar-refractivity contribution in [1.29, 1.82) is 0 Å². The van der Waals surface area contributed by atoms with E-state index < -0.39 is 0 Å². The van der Waals surface area contributed by atoms with Gasteiger partial charge in [0.25, 0.3) is 11.8 Å². The van der Waals surface area contributed by atoms with Crippen molar-refractivity contribution in [3.8, 4) is 0 Å². The van der Waals surface area contributed by atoms with Crippen LogP contribution >= 0.6 is 0 Å².